The fourth-order valence-electron chi connectivity index (χ4n) is 2.32. The third-order valence-corrected chi connectivity index (χ3v) is 10.8. The minimum absolute atomic E-state index is 0.106. The number of phosphoric acid groups is 5. The Balaban J connectivity index is 2.29. The molecule has 0 heterocycles. The van der Waals surface area contributed by atoms with Crippen LogP contribution in [0.15, 0.2) is 30.3 Å². The minimum Gasteiger partial charge on any atom is -0.445 e. The van der Waals surface area contributed by atoms with Crippen LogP contribution >= 0.6 is 39.1 Å². The number of hydrogen-bond acceptors (Lipinski definition) is 12. The third kappa shape index (κ3) is 17.7. The molecule has 0 aliphatic heterocycles. The first kappa shape index (κ1) is 35.2. The molecule has 0 fully saturated rings. The van der Waals surface area contributed by atoms with Crippen LogP contribution in [0.25, 0.3) is 0 Å². The third-order valence-electron chi connectivity index (χ3n) is 3.64. The van der Waals surface area contributed by atoms with E-state index >= 15 is 0 Å². The van der Waals surface area contributed by atoms with Gasteiger partial charge in [0.2, 0.25) is 0 Å². The largest absolute Gasteiger partial charge is 0.490 e. The molecule has 220 valence electrons. The SMILES string of the molecule is O=C(NCCCCCCOP(=O)(O)OP(=O)(O)OP(=O)(O)OP(=O)(O)OP(=O)(O)O)OCc1ccccc1. The molecule has 0 radical (unpaired) electrons. The van der Waals surface area contributed by atoms with E-state index in [0.29, 0.717) is 19.3 Å². The van der Waals surface area contributed by atoms with E-state index in [9.17, 15) is 42.3 Å². The number of nitrogens with one attached hydrogen (secondary N) is 1. The maximum absolute atomic E-state index is 11.8. The van der Waals surface area contributed by atoms with Crippen LogP contribution in [-0.2, 0) is 55.9 Å². The van der Waals surface area contributed by atoms with Gasteiger partial charge in [0, 0.05) is 6.54 Å². The van der Waals surface area contributed by atoms with Crippen molar-refractivity contribution >= 4 is 45.2 Å². The molecule has 1 rings (SSSR count). The molecule has 0 saturated carbocycles. The first-order valence-corrected chi connectivity index (χ1v) is 17.6. The summed E-state index contributed by atoms with van der Waals surface area (Å²) in [4.78, 5) is 65.4. The summed E-state index contributed by atoms with van der Waals surface area (Å²) < 4.78 is 80.0. The molecular formula is C14H26NO18P5. The smallest absolute Gasteiger partial charge is 0.445 e. The van der Waals surface area contributed by atoms with Gasteiger partial charge in [-0.25, -0.2) is 27.6 Å². The van der Waals surface area contributed by atoms with E-state index in [1.165, 1.54) is 0 Å². The Bertz CT molecular complexity index is 1140. The van der Waals surface area contributed by atoms with Crippen molar-refractivity contribution in [1.82, 2.24) is 5.32 Å². The van der Waals surface area contributed by atoms with Gasteiger partial charge in [-0.15, -0.1) is 0 Å². The normalized spacial score (nSPS) is 18.4. The quantitative estimate of drug-likeness (QED) is 0.0886. The van der Waals surface area contributed by atoms with Crippen molar-refractivity contribution in [3.63, 3.8) is 0 Å². The van der Waals surface area contributed by atoms with Crippen molar-refractivity contribution in [3.8, 4) is 0 Å². The summed E-state index contributed by atoms with van der Waals surface area (Å²) in [5, 5.41) is 2.53. The van der Waals surface area contributed by atoms with Gasteiger partial charge in [-0.2, -0.15) is 17.2 Å². The van der Waals surface area contributed by atoms with Crippen molar-refractivity contribution in [2.24, 2.45) is 0 Å². The van der Waals surface area contributed by atoms with E-state index < -0.39 is 51.8 Å². The van der Waals surface area contributed by atoms with Crippen molar-refractivity contribution in [2.45, 2.75) is 32.3 Å². The van der Waals surface area contributed by atoms with Crippen LogP contribution in [0.3, 0.4) is 0 Å². The number of rotatable bonds is 18. The molecule has 0 aromatic heterocycles. The summed E-state index contributed by atoms with van der Waals surface area (Å²) in [6, 6.07) is 9.01. The zero-order valence-electron chi connectivity index (χ0n) is 19.2. The van der Waals surface area contributed by atoms with Crippen molar-refractivity contribution in [3.05, 3.63) is 35.9 Å². The summed E-state index contributed by atoms with van der Waals surface area (Å²) in [6.07, 6.45) is 0.986. The maximum Gasteiger partial charge on any atom is 0.490 e. The van der Waals surface area contributed by atoms with Crippen molar-refractivity contribution in [2.75, 3.05) is 13.2 Å². The van der Waals surface area contributed by atoms with Crippen LogP contribution in [0.2, 0.25) is 0 Å². The summed E-state index contributed by atoms with van der Waals surface area (Å²) in [7, 11) is -29.2. The van der Waals surface area contributed by atoms with Crippen LogP contribution in [0.4, 0.5) is 4.79 Å². The number of benzene rings is 1. The average Bonchev–Trinajstić information content (AvgIpc) is 2.70. The second-order valence-corrected chi connectivity index (χ2v) is 14.5. The first-order chi connectivity index (χ1) is 17.3. The van der Waals surface area contributed by atoms with Gasteiger partial charge in [-0.05, 0) is 18.4 Å². The minimum atomic E-state index is -6.13. The fourth-order valence-corrected chi connectivity index (χ4v) is 8.23. The topological polar surface area (TPSA) is 291 Å². The zero-order valence-corrected chi connectivity index (χ0v) is 23.6. The molecule has 19 nitrogen and oxygen atoms in total. The lowest BCUT2D eigenvalue weighted by atomic mass is 10.2. The number of phosphoric ester groups is 1. The zero-order chi connectivity index (χ0) is 29.1. The maximum atomic E-state index is 11.8. The lowest BCUT2D eigenvalue weighted by Crippen LogP contribution is -2.25. The van der Waals surface area contributed by atoms with E-state index in [2.05, 4.69) is 27.1 Å². The van der Waals surface area contributed by atoms with Crippen LogP contribution in [0.1, 0.15) is 31.2 Å². The first-order valence-electron chi connectivity index (χ1n) is 10.1. The number of ether oxygens (including phenoxy) is 1. The van der Waals surface area contributed by atoms with Gasteiger partial charge in [0.25, 0.3) is 0 Å². The van der Waals surface area contributed by atoms with Gasteiger partial charge >= 0.3 is 45.2 Å². The molecule has 1 amide bonds. The average molecular weight is 651 g/mol. The standard InChI is InChI=1S/C14H26NO18P5/c16-14(28-12-13-8-4-3-5-9-13)15-10-6-1-2-7-11-29-35(20,21)31-37(24,25)33-38(26,27)32-36(22,23)30-34(17,18)19/h3-5,8-9H,1-2,6-7,10-12H2,(H,15,16)(H,20,21)(H,22,23)(H,24,25)(H,26,27)(H2,17,18,19). The molecular weight excluding hydrogens is 625 g/mol. The predicted molar refractivity (Wildman–Crippen MR) is 125 cm³/mol. The monoisotopic (exact) mass is 651 g/mol. The molecule has 4 atom stereocenters. The van der Waals surface area contributed by atoms with Crippen LogP contribution in [0, 0.1) is 0 Å². The second kappa shape index (κ2) is 15.3. The second-order valence-electron chi connectivity index (χ2n) is 6.93. The Kier molecular flexibility index (Phi) is 14.2. The van der Waals surface area contributed by atoms with Crippen molar-refractivity contribution < 1.29 is 83.5 Å². The van der Waals surface area contributed by atoms with Gasteiger partial charge in [-0.1, -0.05) is 43.2 Å². The highest BCUT2D eigenvalue weighted by Gasteiger charge is 2.47. The molecule has 7 N–H and O–H groups in total. The van der Waals surface area contributed by atoms with Gasteiger partial charge in [0.05, 0.1) is 6.61 Å². The Morgan fingerprint density at radius 2 is 1.18 bits per heavy atom. The number of unbranched alkanes of at least 4 members (excludes halogenated alkanes) is 3. The Hall–Kier alpha value is -0.800. The number of hydrogen-bond donors (Lipinski definition) is 7. The number of amides is 1. The summed E-state index contributed by atoms with van der Waals surface area (Å²) in [5.74, 6) is 0. The highest BCUT2D eigenvalue weighted by atomic mass is 31.3. The molecule has 0 saturated heterocycles. The van der Waals surface area contributed by atoms with E-state index in [-0.39, 0.29) is 19.6 Å². The van der Waals surface area contributed by atoms with Crippen LogP contribution in [0.5, 0.6) is 0 Å². The molecule has 1 aromatic carbocycles. The molecule has 0 spiro atoms. The highest BCUT2D eigenvalue weighted by molar-refractivity contribution is 7.71. The summed E-state index contributed by atoms with van der Waals surface area (Å²) in [6.45, 7) is -0.102. The lowest BCUT2D eigenvalue weighted by molar-refractivity contribution is 0.139. The number of carbonyl (C=O) groups excluding carboxylic acids is 1. The van der Waals surface area contributed by atoms with Crippen LogP contribution < -0.4 is 5.32 Å². The molecule has 38 heavy (non-hydrogen) atoms. The van der Waals surface area contributed by atoms with Gasteiger partial charge in [0.1, 0.15) is 6.61 Å². The molecule has 1 aromatic rings. The molecule has 24 heteroatoms. The van der Waals surface area contributed by atoms with E-state index in [1.54, 1.807) is 24.3 Å². The van der Waals surface area contributed by atoms with Crippen molar-refractivity contribution in [1.29, 1.82) is 0 Å². The number of carbonyl (C=O) groups is 1. The molecule has 0 aliphatic rings. The molecule has 0 bridgehead atoms. The van der Waals surface area contributed by atoms with E-state index in [0.717, 1.165) is 5.56 Å². The van der Waals surface area contributed by atoms with Gasteiger partial charge in [0.15, 0.2) is 0 Å². The predicted octanol–water partition coefficient (Wildman–Crippen LogP) is 3.05. The lowest BCUT2D eigenvalue weighted by Gasteiger charge is -2.19. The molecule has 4 unspecified atom stereocenters. The van der Waals surface area contributed by atoms with Gasteiger partial charge < -0.3 is 39.4 Å². The summed E-state index contributed by atoms with van der Waals surface area (Å²) >= 11 is 0. The molecule has 0 aliphatic carbocycles. The number of alkyl carbamates (subject to hydrolysis) is 1. The Morgan fingerprint density at radius 1 is 0.684 bits per heavy atom. The summed E-state index contributed by atoms with van der Waals surface area (Å²) in [5.41, 5.74) is 0.819. The Morgan fingerprint density at radius 3 is 1.74 bits per heavy atom. The Labute approximate surface area is 215 Å². The van der Waals surface area contributed by atoms with Crippen LogP contribution in [-0.4, -0.2) is 48.6 Å². The fraction of sp³-hybridized carbons (Fsp3) is 0.500. The van der Waals surface area contributed by atoms with E-state index in [4.69, 9.17) is 19.4 Å². The highest BCUT2D eigenvalue weighted by Crippen LogP contribution is 2.73. The van der Waals surface area contributed by atoms with E-state index in [1.807, 2.05) is 6.07 Å². The van der Waals surface area contributed by atoms with Gasteiger partial charge in [-0.3, -0.25) is 4.52 Å².